The Kier molecular flexibility index (Phi) is 4.53. The van der Waals surface area contributed by atoms with Crippen LogP contribution in [0.4, 0.5) is 0 Å². The molecule has 0 amide bonds. The number of aliphatic hydroxyl groups is 3. The lowest BCUT2D eigenvalue weighted by Gasteiger charge is -2.42. The molecule has 1 spiro atoms. The van der Waals surface area contributed by atoms with Crippen molar-refractivity contribution in [3.63, 3.8) is 0 Å². The Morgan fingerprint density at radius 3 is 2.46 bits per heavy atom. The Morgan fingerprint density at radius 2 is 1.75 bits per heavy atom. The van der Waals surface area contributed by atoms with Crippen molar-refractivity contribution in [1.82, 2.24) is 0 Å². The van der Waals surface area contributed by atoms with Gasteiger partial charge < -0.3 is 24.8 Å². The lowest BCUT2D eigenvalue weighted by Crippen LogP contribution is -2.54. The summed E-state index contributed by atoms with van der Waals surface area (Å²) in [4.78, 5) is 0. The molecule has 148 valence electrons. The molecule has 3 N–H and O–H groups in total. The lowest BCUT2D eigenvalue weighted by molar-refractivity contribution is -0.326. The van der Waals surface area contributed by atoms with Gasteiger partial charge in [-0.25, -0.2) is 0 Å². The number of hydrogen-bond acceptors (Lipinski definition) is 5. The van der Waals surface area contributed by atoms with Crippen LogP contribution in [0.3, 0.4) is 0 Å². The fraction of sp³-hybridized carbons (Fsp3) is 0.478. The third-order valence-electron chi connectivity index (χ3n) is 6.26. The summed E-state index contributed by atoms with van der Waals surface area (Å²) in [7, 11) is 0. The summed E-state index contributed by atoms with van der Waals surface area (Å²) in [6.07, 6.45) is 0.587. The molecule has 3 aliphatic rings. The highest BCUT2D eigenvalue weighted by Crippen LogP contribution is 2.46. The van der Waals surface area contributed by atoms with E-state index in [0.717, 1.165) is 29.0 Å². The van der Waals surface area contributed by atoms with E-state index >= 15 is 0 Å². The molecule has 1 saturated carbocycles. The van der Waals surface area contributed by atoms with Crippen molar-refractivity contribution in [3.05, 3.63) is 70.3 Å². The quantitative estimate of drug-likeness (QED) is 0.757. The smallest absolute Gasteiger partial charge is 0.198 e. The summed E-state index contributed by atoms with van der Waals surface area (Å²) in [5.41, 5.74) is 5.75. The van der Waals surface area contributed by atoms with Gasteiger partial charge in [0, 0.05) is 12.0 Å². The lowest BCUT2D eigenvalue weighted by atomic mass is 9.88. The van der Waals surface area contributed by atoms with Gasteiger partial charge in [-0.05, 0) is 53.5 Å². The number of ether oxygens (including phenoxy) is 2. The van der Waals surface area contributed by atoms with E-state index in [2.05, 4.69) is 36.4 Å². The fourth-order valence-electron chi connectivity index (χ4n) is 4.46. The molecule has 4 atom stereocenters. The van der Waals surface area contributed by atoms with Crippen LogP contribution < -0.4 is 0 Å². The predicted molar refractivity (Wildman–Crippen MR) is 103 cm³/mol. The van der Waals surface area contributed by atoms with E-state index in [-0.39, 0.29) is 13.0 Å². The third-order valence-corrected chi connectivity index (χ3v) is 6.26. The van der Waals surface area contributed by atoms with Crippen LogP contribution in [-0.2, 0) is 28.3 Å². The summed E-state index contributed by atoms with van der Waals surface area (Å²) < 4.78 is 11.9. The summed E-state index contributed by atoms with van der Waals surface area (Å²) >= 11 is 0. The Hall–Kier alpha value is -1.76. The van der Waals surface area contributed by atoms with Gasteiger partial charge in [0.25, 0.3) is 0 Å². The van der Waals surface area contributed by atoms with Gasteiger partial charge in [-0.2, -0.15) is 0 Å². The minimum atomic E-state index is -1.11. The molecule has 1 saturated heterocycles. The zero-order valence-corrected chi connectivity index (χ0v) is 15.8. The molecule has 5 nitrogen and oxygen atoms in total. The molecule has 2 aromatic rings. The second-order valence-electron chi connectivity index (χ2n) is 8.33. The molecule has 0 aromatic heterocycles. The number of aliphatic hydroxyl groups excluding tert-OH is 3. The molecular weight excluding hydrogens is 356 g/mol. The minimum Gasteiger partial charge on any atom is -0.394 e. The second kappa shape index (κ2) is 6.94. The van der Waals surface area contributed by atoms with Crippen LogP contribution in [0.2, 0.25) is 0 Å². The monoisotopic (exact) mass is 382 g/mol. The first-order valence-electron chi connectivity index (χ1n) is 10.1. The summed E-state index contributed by atoms with van der Waals surface area (Å²) in [5, 5.41) is 29.9. The second-order valence-corrected chi connectivity index (χ2v) is 8.33. The van der Waals surface area contributed by atoms with Crippen molar-refractivity contribution < 1.29 is 24.8 Å². The van der Waals surface area contributed by atoms with Crippen LogP contribution in [0.5, 0.6) is 0 Å². The van der Waals surface area contributed by atoms with E-state index in [0.29, 0.717) is 6.61 Å². The molecule has 28 heavy (non-hydrogen) atoms. The Bertz CT molecular complexity index is 860. The molecule has 0 bridgehead atoms. The van der Waals surface area contributed by atoms with Crippen molar-refractivity contribution in [3.8, 4) is 0 Å². The molecule has 0 unspecified atom stereocenters. The number of fused-ring (bicyclic) bond motifs is 2. The van der Waals surface area contributed by atoms with E-state index in [9.17, 15) is 15.3 Å². The average Bonchev–Trinajstić information content (AvgIpc) is 3.50. The average molecular weight is 382 g/mol. The standard InChI is InChI=1S/C23H26O5/c24-12-21-22(26)20(25)11-23(28-21)19-10-15(3-6-18(19)13-27-23)9-14-1-4-16(5-2-14)17-7-8-17/h1-6,10,17,20-22,24-26H,7-9,11-13H2/t20-,21-,22+,23-/m1/s1. The molecule has 2 aliphatic heterocycles. The molecule has 5 heteroatoms. The zero-order chi connectivity index (χ0) is 19.3. The predicted octanol–water partition coefficient (Wildman–Crippen LogP) is 2.34. The van der Waals surface area contributed by atoms with Gasteiger partial charge in [0.1, 0.15) is 12.2 Å². The first-order chi connectivity index (χ1) is 13.6. The van der Waals surface area contributed by atoms with E-state index < -0.39 is 24.1 Å². The highest BCUT2D eigenvalue weighted by atomic mass is 16.7. The van der Waals surface area contributed by atoms with Crippen LogP contribution in [0, 0.1) is 0 Å². The van der Waals surface area contributed by atoms with E-state index in [4.69, 9.17) is 9.47 Å². The van der Waals surface area contributed by atoms with Gasteiger partial charge in [0.05, 0.1) is 19.3 Å². The van der Waals surface area contributed by atoms with Gasteiger partial charge in [-0.1, -0.05) is 36.4 Å². The third kappa shape index (κ3) is 3.17. The topological polar surface area (TPSA) is 79.2 Å². The van der Waals surface area contributed by atoms with Crippen molar-refractivity contribution in [2.24, 2.45) is 0 Å². The van der Waals surface area contributed by atoms with E-state index in [1.165, 1.54) is 24.0 Å². The van der Waals surface area contributed by atoms with Crippen LogP contribution in [0.1, 0.15) is 53.0 Å². The molecule has 2 fully saturated rings. The van der Waals surface area contributed by atoms with Crippen LogP contribution in [0.25, 0.3) is 0 Å². The summed E-state index contributed by atoms with van der Waals surface area (Å²) in [6, 6.07) is 15.1. The van der Waals surface area contributed by atoms with E-state index in [1.54, 1.807) is 0 Å². The van der Waals surface area contributed by atoms with Gasteiger partial charge >= 0.3 is 0 Å². The number of benzene rings is 2. The van der Waals surface area contributed by atoms with Crippen molar-refractivity contribution in [1.29, 1.82) is 0 Å². The summed E-state index contributed by atoms with van der Waals surface area (Å²) in [5.74, 6) is -0.344. The summed E-state index contributed by atoms with van der Waals surface area (Å²) in [6.45, 7) is 0.0262. The van der Waals surface area contributed by atoms with Crippen molar-refractivity contribution >= 4 is 0 Å². The maximum absolute atomic E-state index is 10.3. The van der Waals surface area contributed by atoms with Crippen molar-refractivity contribution in [2.75, 3.05) is 6.61 Å². The van der Waals surface area contributed by atoms with Gasteiger partial charge in [-0.3, -0.25) is 0 Å². The van der Waals surface area contributed by atoms with Crippen LogP contribution in [0.15, 0.2) is 42.5 Å². The molecule has 2 aromatic carbocycles. The van der Waals surface area contributed by atoms with Gasteiger partial charge in [0.2, 0.25) is 0 Å². The molecule has 1 aliphatic carbocycles. The molecule has 5 rings (SSSR count). The highest BCUT2D eigenvalue weighted by molar-refractivity contribution is 5.40. The highest BCUT2D eigenvalue weighted by Gasteiger charge is 2.51. The zero-order valence-electron chi connectivity index (χ0n) is 15.8. The first-order valence-corrected chi connectivity index (χ1v) is 10.1. The number of rotatable bonds is 4. The Morgan fingerprint density at radius 1 is 1.00 bits per heavy atom. The molecule has 0 radical (unpaired) electrons. The van der Waals surface area contributed by atoms with Crippen LogP contribution >= 0.6 is 0 Å². The minimum absolute atomic E-state index is 0.150. The normalized spacial score (nSPS) is 31.9. The maximum Gasteiger partial charge on any atom is 0.198 e. The maximum atomic E-state index is 10.3. The fourth-order valence-corrected chi connectivity index (χ4v) is 4.46. The Labute approximate surface area is 164 Å². The van der Waals surface area contributed by atoms with Crippen LogP contribution in [-0.4, -0.2) is 40.2 Å². The van der Waals surface area contributed by atoms with E-state index in [1.807, 2.05) is 6.07 Å². The van der Waals surface area contributed by atoms with Crippen molar-refractivity contribution in [2.45, 2.75) is 62.3 Å². The number of hydrogen-bond donors (Lipinski definition) is 3. The largest absolute Gasteiger partial charge is 0.394 e. The van der Waals surface area contributed by atoms with Gasteiger partial charge in [-0.15, -0.1) is 0 Å². The molecular formula is C23H26O5. The van der Waals surface area contributed by atoms with Gasteiger partial charge in [0.15, 0.2) is 5.79 Å². The SMILES string of the molecule is OC[C@H]1O[C@@]2(C[C@@H](O)[C@@H]1O)OCc1ccc(Cc3ccc(C4CC4)cc3)cc12. The molecule has 2 heterocycles. The first kappa shape index (κ1) is 18.3. The Balaban J connectivity index is 1.40.